The number of fused-ring (bicyclic) bond motifs is 4. The Balaban J connectivity index is 1.18. The van der Waals surface area contributed by atoms with Crippen molar-refractivity contribution in [2.45, 2.75) is 49.6 Å². The minimum Gasteiger partial charge on any atom is -0.461 e. The van der Waals surface area contributed by atoms with Crippen LogP contribution in [0, 0.1) is 35.3 Å². The van der Waals surface area contributed by atoms with Crippen LogP contribution in [0.3, 0.4) is 0 Å². The zero-order valence-corrected chi connectivity index (χ0v) is 25.5. The molecule has 5 aliphatic rings. The van der Waals surface area contributed by atoms with E-state index in [1.165, 1.54) is 24.4 Å². The standard InChI is InChI=1S/C35H32F4N6O2/c1-2-20-24(36)5-4-18-10-19(40)11-21(26(18)20)29-28(39)30-22(13-41-29)32(45-8-9-46-14-23-27(38)31(23)45)43-33(42-30)47-17-35-6-3-7-44(35)16-34(15-35)12-25(34)37/h1,4-5,10-11,13,23,25,27,31H,3,6-9,12,14-17,40H2/t23-,25-,27-,31?,34+,35-/m0/s1. The molecule has 2 N–H and O–H groups in total. The van der Waals surface area contributed by atoms with E-state index in [4.69, 9.17) is 26.6 Å². The van der Waals surface area contributed by atoms with E-state index in [0.717, 1.165) is 19.4 Å². The molecule has 2 aliphatic carbocycles. The highest BCUT2D eigenvalue weighted by Gasteiger charge is 2.67. The summed E-state index contributed by atoms with van der Waals surface area (Å²) in [6, 6.07) is 5.37. The number of nitrogens with two attached hydrogens (primary N) is 1. The second-order valence-corrected chi connectivity index (χ2v) is 13.9. The van der Waals surface area contributed by atoms with E-state index < -0.39 is 30.0 Å². The Hall–Kier alpha value is -4.21. The maximum atomic E-state index is 16.9. The first-order valence-corrected chi connectivity index (χ1v) is 16.1. The van der Waals surface area contributed by atoms with E-state index in [2.05, 4.69) is 20.8 Å². The lowest BCUT2D eigenvalue weighted by molar-refractivity contribution is 0.107. The van der Waals surface area contributed by atoms with E-state index in [1.54, 1.807) is 11.0 Å². The van der Waals surface area contributed by atoms with Crippen LogP contribution in [0.5, 0.6) is 6.01 Å². The van der Waals surface area contributed by atoms with Crippen LogP contribution < -0.4 is 15.4 Å². The summed E-state index contributed by atoms with van der Waals surface area (Å²) in [4.78, 5) is 17.9. The average Bonchev–Trinajstić information content (AvgIpc) is 3.81. The van der Waals surface area contributed by atoms with Crippen LogP contribution in [-0.4, -0.2) is 83.2 Å². The molecule has 0 bridgehead atoms. The summed E-state index contributed by atoms with van der Waals surface area (Å²) < 4.78 is 73.1. The molecule has 4 aromatic rings. The monoisotopic (exact) mass is 644 g/mol. The molecule has 47 heavy (non-hydrogen) atoms. The van der Waals surface area contributed by atoms with Crippen molar-refractivity contribution >= 4 is 33.2 Å². The molecule has 12 heteroatoms. The number of pyridine rings is 1. The van der Waals surface area contributed by atoms with Gasteiger partial charge in [-0.2, -0.15) is 9.97 Å². The Kier molecular flexibility index (Phi) is 6.25. The molecule has 242 valence electrons. The molecule has 3 aliphatic heterocycles. The number of hydrogen-bond donors (Lipinski definition) is 1. The van der Waals surface area contributed by atoms with Gasteiger partial charge in [0.25, 0.3) is 0 Å². The molecule has 8 nitrogen and oxygen atoms in total. The fraction of sp³-hybridized carbons (Fsp3) is 0.457. The summed E-state index contributed by atoms with van der Waals surface area (Å²) in [6.45, 7) is 2.76. The minimum absolute atomic E-state index is 0.0367. The summed E-state index contributed by atoms with van der Waals surface area (Å²) in [7, 11) is 0. The number of rotatable bonds is 5. The molecule has 3 saturated heterocycles. The van der Waals surface area contributed by atoms with Crippen molar-refractivity contribution in [3.8, 4) is 29.6 Å². The van der Waals surface area contributed by atoms with E-state index in [1.807, 2.05) is 0 Å². The summed E-state index contributed by atoms with van der Waals surface area (Å²) in [5, 5.41) is 1.10. The number of nitrogens with zero attached hydrogens (tertiary/aromatic N) is 5. The fourth-order valence-corrected chi connectivity index (χ4v) is 8.56. The molecule has 2 saturated carbocycles. The predicted octanol–water partition coefficient (Wildman–Crippen LogP) is 5.21. The van der Waals surface area contributed by atoms with Crippen LogP contribution in [0.15, 0.2) is 30.5 Å². The van der Waals surface area contributed by atoms with Crippen LogP contribution >= 0.6 is 0 Å². The van der Waals surface area contributed by atoms with Gasteiger partial charge >= 0.3 is 6.01 Å². The van der Waals surface area contributed by atoms with Gasteiger partial charge in [0.05, 0.1) is 35.7 Å². The van der Waals surface area contributed by atoms with Gasteiger partial charge in [-0.15, -0.1) is 6.42 Å². The molecule has 5 fully saturated rings. The van der Waals surface area contributed by atoms with Gasteiger partial charge in [-0.25, -0.2) is 17.6 Å². The van der Waals surface area contributed by atoms with Crippen molar-refractivity contribution in [3.05, 3.63) is 47.7 Å². The molecule has 6 atom stereocenters. The van der Waals surface area contributed by atoms with Gasteiger partial charge in [-0.3, -0.25) is 9.88 Å². The highest BCUT2D eigenvalue weighted by atomic mass is 19.1. The van der Waals surface area contributed by atoms with E-state index in [0.29, 0.717) is 54.8 Å². The number of anilines is 2. The number of alkyl halides is 2. The molecule has 1 spiro atoms. The lowest BCUT2D eigenvalue weighted by Crippen LogP contribution is -2.43. The van der Waals surface area contributed by atoms with E-state index >= 15 is 4.39 Å². The normalized spacial score (nSPS) is 31.2. The number of terminal acetylenes is 1. The quantitative estimate of drug-likeness (QED) is 0.180. The summed E-state index contributed by atoms with van der Waals surface area (Å²) in [6.07, 6.45) is 8.32. The highest BCUT2D eigenvalue weighted by Crippen LogP contribution is 2.62. The Bertz CT molecular complexity index is 2020. The first kappa shape index (κ1) is 29.0. The number of halogens is 4. The van der Waals surface area contributed by atoms with Crippen molar-refractivity contribution in [2.75, 3.05) is 50.1 Å². The lowest BCUT2D eigenvalue weighted by Gasteiger charge is -2.31. The Morgan fingerprint density at radius 3 is 2.83 bits per heavy atom. The topological polar surface area (TPSA) is 89.6 Å². The zero-order chi connectivity index (χ0) is 32.2. The maximum absolute atomic E-state index is 16.9. The lowest BCUT2D eigenvalue weighted by atomic mass is 9.89. The molecular formula is C35H32F4N6O2. The first-order chi connectivity index (χ1) is 22.7. The minimum atomic E-state index is -1.12. The SMILES string of the molecule is C#Cc1c(F)ccc2cc(N)cc(-c3ncc4c(N5CCOC[C@@H]6C5[C@H]6F)nc(OC[C@@]56CCCN5C[C@@]5(C[C@@H]5F)C6)nc4c3F)c12. The van der Waals surface area contributed by atoms with Crippen LogP contribution in [0.25, 0.3) is 32.9 Å². The molecule has 2 aromatic carbocycles. The van der Waals surface area contributed by atoms with E-state index in [-0.39, 0.29) is 63.8 Å². The summed E-state index contributed by atoms with van der Waals surface area (Å²) >= 11 is 0. The third-order valence-corrected chi connectivity index (χ3v) is 11.1. The Labute approximate surface area is 268 Å². The molecule has 0 radical (unpaired) electrons. The maximum Gasteiger partial charge on any atom is 0.319 e. The molecule has 2 aromatic heterocycles. The molecule has 5 heterocycles. The van der Waals surface area contributed by atoms with Gasteiger partial charge in [-0.05, 0) is 55.8 Å². The third kappa shape index (κ3) is 4.32. The molecular weight excluding hydrogens is 612 g/mol. The zero-order valence-electron chi connectivity index (χ0n) is 25.5. The summed E-state index contributed by atoms with van der Waals surface area (Å²) in [5.41, 5.74) is 5.82. The average molecular weight is 645 g/mol. The van der Waals surface area contributed by atoms with Gasteiger partial charge in [0, 0.05) is 47.3 Å². The van der Waals surface area contributed by atoms with Crippen LogP contribution in [0.4, 0.5) is 29.1 Å². The van der Waals surface area contributed by atoms with Crippen molar-refractivity contribution in [1.29, 1.82) is 0 Å². The van der Waals surface area contributed by atoms with Crippen molar-refractivity contribution in [2.24, 2.45) is 11.3 Å². The van der Waals surface area contributed by atoms with Crippen molar-refractivity contribution in [3.63, 3.8) is 0 Å². The van der Waals surface area contributed by atoms with Gasteiger partial charge in [0.15, 0.2) is 5.82 Å². The molecule has 9 rings (SSSR count). The van der Waals surface area contributed by atoms with E-state index in [9.17, 15) is 13.2 Å². The number of hydrogen-bond acceptors (Lipinski definition) is 8. The second-order valence-electron chi connectivity index (χ2n) is 13.9. The third-order valence-electron chi connectivity index (χ3n) is 11.1. The molecule has 0 amide bonds. The van der Waals surface area contributed by atoms with Gasteiger partial charge < -0.3 is 20.1 Å². The number of benzene rings is 2. The van der Waals surface area contributed by atoms with Crippen LogP contribution in [0.2, 0.25) is 0 Å². The van der Waals surface area contributed by atoms with Gasteiger partial charge in [0.1, 0.15) is 41.8 Å². The predicted molar refractivity (Wildman–Crippen MR) is 168 cm³/mol. The largest absolute Gasteiger partial charge is 0.461 e. The fourth-order valence-electron chi connectivity index (χ4n) is 8.56. The van der Waals surface area contributed by atoms with Crippen molar-refractivity contribution in [1.82, 2.24) is 19.9 Å². The Morgan fingerprint density at radius 2 is 2.02 bits per heavy atom. The second kappa shape index (κ2) is 10.1. The first-order valence-electron chi connectivity index (χ1n) is 16.1. The van der Waals surface area contributed by atoms with Gasteiger partial charge in [0.2, 0.25) is 0 Å². The summed E-state index contributed by atoms with van der Waals surface area (Å²) in [5.74, 6) is 0.926. The van der Waals surface area contributed by atoms with Crippen LogP contribution in [-0.2, 0) is 4.74 Å². The smallest absolute Gasteiger partial charge is 0.319 e. The van der Waals surface area contributed by atoms with Crippen LogP contribution in [0.1, 0.15) is 31.2 Å². The van der Waals surface area contributed by atoms with Gasteiger partial charge in [-0.1, -0.05) is 12.0 Å². The Morgan fingerprint density at radius 1 is 1.17 bits per heavy atom. The molecule has 1 unspecified atom stereocenters. The number of aromatic nitrogens is 3. The number of nitrogen functional groups attached to an aromatic ring is 1. The highest BCUT2D eigenvalue weighted by molar-refractivity contribution is 6.03. The van der Waals surface area contributed by atoms with Crippen molar-refractivity contribution < 1.29 is 27.0 Å². The number of ether oxygens (including phenoxy) is 2.